The van der Waals surface area contributed by atoms with Crippen LogP contribution in [-0.2, 0) is 32.1 Å². The number of ether oxygens (including phenoxy) is 2. The second-order valence-corrected chi connectivity index (χ2v) is 9.82. The fourth-order valence-electron chi connectivity index (χ4n) is 4.21. The number of nitrogens with zero attached hydrogens (tertiary/aromatic N) is 1. The van der Waals surface area contributed by atoms with Gasteiger partial charge in [0.15, 0.2) is 0 Å². The molecule has 0 aromatic heterocycles. The molecule has 194 valence electrons. The van der Waals surface area contributed by atoms with E-state index < -0.39 is 11.7 Å². The molecule has 0 radical (unpaired) electrons. The Labute approximate surface area is 212 Å². The lowest BCUT2D eigenvalue weighted by Crippen LogP contribution is -2.35. The second-order valence-electron chi connectivity index (χ2n) is 9.82. The highest BCUT2D eigenvalue weighted by atomic mass is 16.6. The van der Waals surface area contributed by atoms with Gasteiger partial charge in [0, 0.05) is 31.8 Å². The number of carbonyl (C=O) groups excluding carboxylic acids is 3. The maximum absolute atomic E-state index is 12.7. The zero-order chi connectivity index (χ0) is 26.1. The van der Waals surface area contributed by atoms with Crippen LogP contribution in [0.15, 0.2) is 42.5 Å². The maximum Gasteiger partial charge on any atom is 0.407 e. The van der Waals surface area contributed by atoms with Crippen molar-refractivity contribution in [2.24, 2.45) is 0 Å². The summed E-state index contributed by atoms with van der Waals surface area (Å²) in [5, 5.41) is 11.7. The molecule has 36 heavy (non-hydrogen) atoms. The lowest BCUT2D eigenvalue weighted by molar-refractivity contribution is -0.154. The van der Waals surface area contributed by atoms with Gasteiger partial charge < -0.3 is 24.8 Å². The van der Waals surface area contributed by atoms with E-state index in [0.717, 1.165) is 40.8 Å². The number of aliphatic hydroxyl groups is 1. The Hall–Kier alpha value is -3.39. The first kappa shape index (κ1) is 27.2. The predicted molar refractivity (Wildman–Crippen MR) is 138 cm³/mol. The summed E-state index contributed by atoms with van der Waals surface area (Å²) in [6.07, 6.45) is 2.00. The fourth-order valence-corrected chi connectivity index (χ4v) is 4.21. The van der Waals surface area contributed by atoms with Crippen LogP contribution in [0.3, 0.4) is 0 Å². The largest absolute Gasteiger partial charge is 0.460 e. The van der Waals surface area contributed by atoms with Gasteiger partial charge in [-0.15, -0.1) is 0 Å². The van der Waals surface area contributed by atoms with Crippen LogP contribution in [0.5, 0.6) is 0 Å². The summed E-state index contributed by atoms with van der Waals surface area (Å²) < 4.78 is 10.5. The topological polar surface area (TPSA) is 105 Å². The third kappa shape index (κ3) is 7.81. The average molecular weight is 497 g/mol. The van der Waals surface area contributed by atoms with Crippen LogP contribution < -0.4 is 10.2 Å². The molecule has 2 N–H and O–H groups in total. The van der Waals surface area contributed by atoms with Crippen molar-refractivity contribution in [2.45, 2.75) is 65.1 Å². The van der Waals surface area contributed by atoms with Crippen molar-refractivity contribution >= 4 is 23.7 Å². The zero-order valence-corrected chi connectivity index (χ0v) is 21.3. The fraction of sp³-hybridized carbons (Fsp3) is 0.464. The third-order valence-electron chi connectivity index (χ3n) is 5.73. The van der Waals surface area contributed by atoms with Crippen molar-refractivity contribution in [1.82, 2.24) is 5.32 Å². The number of esters is 1. The van der Waals surface area contributed by atoms with E-state index in [0.29, 0.717) is 19.4 Å². The number of carbonyl (C=O) groups is 3. The van der Waals surface area contributed by atoms with Gasteiger partial charge in [0.05, 0.1) is 6.42 Å². The Bertz CT molecular complexity index is 1080. The highest BCUT2D eigenvalue weighted by Crippen LogP contribution is 2.36. The lowest BCUT2D eigenvalue weighted by atomic mass is 9.91. The van der Waals surface area contributed by atoms with Gasteiger partial charge in [0.2, 0.25) is 5.91 Å². The Balaban J connectivity index is 1.62. The lowest BCUT2D eigenvalue weighted by Gasteiger charge is -2.31. The van der Waals surface area contributed by atoms with Crippen molar-refractivity contribution in [1.29, 1.82) is 0 Å². The number of nitrogens with one attached hydrogen (secondary N) is 1. The van der Waals surface area contributed by atoms with Crippen LogP contribution >= 0.6 is 0 Å². The molecule has 1 heterocycles. The molecule has 0 unspecified atom stereocenters. The highest BCUT2D eigenvalue weighted by Gasteiger charge is 2.24. The van der Waals surface area contributed by atoms with Crippen LogP contribution in [0.4, 0.5) is 10.5 Å². The molecular formula is C28H36N2O6. The quantitative estimate of drug-likeness (QED) is 0.500. The van der Waals surface area contributed by atoms with Crippen LogP contribution in [0.25, 0.3) is 11.1 Å². The maximum atomic E-state index is 12.7. The molecule has 0 bridgehead atoms. The molecule has 2 aromatic carbocycles. The van der Waals surface area contributed by atoms with E-state index in [1.807, 2.05) is 47.4 Å². The van der Waals surface area contributed by atoms with Crippen LogP contribution in [-0.4, -0.2) is 48.4 Å². The van der Waals surface area contributed by atoms with Gasteiger partial charge in [0.25, 0.3) is 0 Å². The van der Waals surface area contributed by atoms with Gasteiger partial charge >= 0.3 is 12.1 Å². The summed E-state index contributed by atoms with van der Waals surface area (Å²) in [6, 6.07) is 13.8. The number of aliphatic hydroxyl groups excluding tert-OH is 1. The number of alkyl carbamates (subject to hydrolysis) is 1. The summed E-state index contributed by atoms with van der Waals surface area (Å²) in [5.74, 6) is -0.350. The first-order valence-corrected chi connectivity index (χ1v) is 12.4. The first-order chi connectivity index (χ1) is 17.2. The Morgan fingerprint density at radius 3 is 2.61 bits per heavy atom. The molecule has 0 aliphatic carbocycles. The average Bonchev–Trinajstić information content (AvgIpc) is 2.84. The van der Waals surface area contributed by atoms with Crippen molar-refractivity contribution in [3.05, 3.63) is 53.6 Å². The number of hydrogen-bond donors (Lipinski definition) is 2. The molecular weight excluding hydrogens is 460 g/mol. The monoisotopic (exact) mass is 496 g/mol. The molecule has 0 atom stereocenters. The van der Waals surface area contributed by atoms with E-state index >= 15 is 0 Å². The molecule has 0 saturated heterocycles. The van der Waals surface area contributed by atoms with Crippen LogP contribution in [0, 0.1) is 0 Å². The molecule has 1 aliphatic heterocycles. The molecule has 8 heteroatoms. The predicted octanol–water partition coefficient (Wildman–Crippen LogP) is 4.36. The second kappa shape index (κ2) is 12.5. The third-order valence-corrected chi connectivity index (χ3v) is 5.73. The van der Waals surface area contributed by atoms with E-state index in [9.17, 15) is 14.4 Å². The summed E-state index contributed by atoms with van der Waals surface area (Å²) in [5.41, 5.74) is 4.36. The molecule has 2 aromatic rings. The standard InChI is InChI=1S/C28H36N2O6/c1-28(2,3)36-26(33)14-15-29-27(34)35-19-20-8-4-9-21(18-20)22-10-5-12-24-23(22)11-6-16-30(24)25(32)13-7-17-31/h4-5,8-10,12,18,31H,6-7,11,13-17,19H2,1-3H3,(H,29,34). The SMILES string of the molecule is CC(C)(C)OC(=O)CCNC(=O)OCc1cccc(-c2cccc3c2CCCN3C(=O)CCCO)c1. The minimum Gasteiger partial charge on any atom is -0.460 e. The zero-order valence-electron chi connectivity index (χ0n) is 21.3. The van der Waals surface area contributed by atoms with Gasteiger partial charge in [-0.05, 0) is 74.4 Å². The van der Waals surface area contributed by atoms with E-state index in [1.165, 1.54) is 0 Å². The van der Waals surface area contributed by atoms with Gasteiger partial charge in [-0.2, -0.15) is 0 Å². The van der Waals surface area contributed by atoms with Crippen LogP contribution in [0.1, 0.15) is 57.6 Å². The Morgan fingerprint density at radius 1 is 1.08 bits per heavy atom. The van der Waals surface area contributed by atoms with Crippen LogP contribution in [0.2, 0.25) is 0 Å². The summed E-state index contributed by atoms with van der Waals surface area (Å²) in [4.78, 5) is 38.3. The molecule has 0 fully saturated rings. The number of amides is 2. The van der Waals surface area contributed by atoms with Crippen molar-refractivity contribution in [2.75, 3.05) is 24.6 Å². The summed E-state index contributed by atoms with van der Waals surface area (Å²) in [6.45, 7) is 6.29. The molecule has 0 spiro atoms. The van der Waals surface area contributed by atoms with E-state index in [4.69, 9.17) is 14.6 Å². The number of fused-ring (bicyclic) bond motifs is 1. The highest BCUT2D eigenvalue weighted by molar-refractivity contribution is 5.96. The Kier molecular flexibility index (Phi) is 9.47. The van der Waals surface area contributed by atoms with E-state index in [2.05, 4.69) is 5.32 Å². The molecule has 0 saturated carbocycles. The van der Waals surface area contributed by atoms with Crippen molar-refractivity contribution in [3.8, 4) is 11.1 Å². The van der Waals surface area contributed by atoms with Crippen molar-refractivity contribution < 1.29 is 29.0 Å². The molecule has 1 aliphatic rings. The normalized spacial score (nSPS) is 13.1. The Morgan fingerprint density at radius 2 is 1.86 bits per heavy atom. The number of hydrogen-bond acceptors (Lipinski definition) is 6. The number of anilines is 1. The van der Waals surface area contributed by atoms with E-state index in [1.54, 1.807) is 20.8 Å². The molecule has 3 rings (SSSR count). The molecule has 8 nitrogen and oxygen atoms in total. The smallest absolute Gasteiger partial charge is 0.407 e. The van der Waals surface area contributed by atoms with Gasteiger partial charge in [0.1, 0.15) is 12.2 Å². The summed E-state index contributed by atoms with van der Waals surface area (Å²) >= 11 is 0. The van der Waals surface area contributed by atoms with E-state index in [-0.39, 0.29) is 38.1 Å². The summed E-state index contributed by atoms with van der Waals surface area (Å²) in [7, 11) is 0. The number of benzene rings is 2. The molecule has 2 amide bonds. The van der Waals surface area contributed by atoms with Gasteiger partial charge in [-0.3, -0.25) is 9.59 Å². The minimum absolute atomic E-state index is 0.00308. The van der Waals surface area contributed by atoms with Gasteiger partial charge in [-0.25, -0.2) is 4.79 Å². The van der Waals surface area contributed by atoms with Gasteiger partial charge in [-0.1, -0.05) is 30.3 Å². The minimum atomic E-state index is -0.599. The number of rotatable bonds is 9. The first-order valence-electron chi connectivity index (χ1n) is 12.4. The van der Waals surface area contributed by atoms with Crippen molar-refractivity contribution in [3.63, 3.8) is 0 Å².